The predicted octanol–water partition coefficient (Wildman–Crippen LogP) is 0.841. The van der Waals surface area contributed by atoms with Crippen LogP contribution in [0, 0.1) is 6.92 Å². The second-order valence-corrected chi connectivity index (χ2v) is 5.95. The number of urea groups is 1. The number of likely N-dealkylation sites (tertiary alicyclic amines) is 1. The summed E-state index contributed by atoms with van der Waals surface area (Å²) in [7, 11) is 3.28. The van der Waals surface area contributed by atoms with E-state index in [9.17, 15) is 9.59 Å². The van der Waals surface area contributed by atoms with E-state index in [1.807, 2.05) is 13.0 Å². The van der Waals surface area contributed by atoms with Crippen LogP contribution in [0.1, 0.15) is 24.3 Å². The summed E-state index contributed by atoms with van der Waals surface area (Å²) in [6.45, 7) is 4.11. The summed E-state index contributed by atoms with van der Waals surface area (Å²) in [6.07, 6.45) is 1.32. The molecule has 1 spiro atoms. The molecular weight excluding hydrogens is 272 g/mol. The van der Waals surface area contributed by atoms with E-state index in [1.54, 1.807) is 19.0 Å². The van der Waals surface area contributed by atoms with Gasteiger partial charge in [0.1, 0.15) is 5.54 Å². The molecule has 3 heterocycles. The van der Waals surface area contributed by atoms with Crippen LogP contribution in [0.15, 0.2) is 10.6 Å². The lowest BCUT2D eigenvalue weighted by molar-refractivity contribution is -0.134. The Bertz CT molecular complexity index is 575. The average molecular weight is 292 g/mol. The molecule has 7 nitrogen and oxygen atoms in total. The first-order valence-electron chi connectivity index (χ1n) is 7.14. The number of piperidine rings is 1. The second kappa shape index (κ2) is 4.84. The molecule has 2 saturated heterocycles. The van der Waals surface area contributed by atoms with Gasteiger partial charge in [0.05, 0.1) is 12.2 Å². The SMILES string of the molecule is Cc1cc(CN2CCC3(CC2)C(=O)N(C)C(=O)N3C)on1. The number of amides is 3. The van der Waals surface area contributed by atoms with Crippen LogP contribution in [0.3, 0.4) is 0 Å². The predicted molar refractivity (Wildman–Crippen MR) is 74.4 cm³/mol. The minimum atomic E-state index is -0.653. The van der Waals surface area contributed by atoms with Crippen molar-refractivity contribution in [3.8, 4) is 0 Å². The number of rotatable bonds is 2. The Kier molecular flexibility index (Phi) is 3.24. The summed E-state index contributed by atoms with van der Waals surface area (Å²) >= 11 is 0. The van der Waals surface area contributed by atoms with E-state index in [0.29, 0.717) is 19.4 Å². The Balaban J connectivity index is 1.67. The van der Waals surface area contributed by atoms with Crippen LogP contribution in [0.5, 0.6) is 0 Å². The molecular formula is C14H20N4O3. The zero-order valence-corrected chi connectivity index (χ0v) is 12.6. The molecule has 2 aliphatic rings. The van der Waals surface area contributed by atoms with Gasteiger partial charge >= 0.3 is 6.03 Å². The lowest BCUT2D eigenvalue weighted by atomic mass is 9.86. The Morgan fingerprint density at radius 2 is 1.95 bits per heavy atom. The van der Waals surface area contributed by atoms with Gasteiger partial charge in [-0.25, -0.2) is 4.79 Å². The van der Waals surface area contributed by atoms with Crippen molar-refractivity contribution in [1.82, 2.24) is 19.9 Å². The van der Waals surface area contributed by atoms with Crippen molar-refractivity contribution in [2.45, 2.75) is 31.8 Å². The fourth-order valence-corrected chi connectivity index (χ4v) is 3.29. The molecule has 21 heavy (non-hydrogen) atoms. The van der Waals surface area contributed by atoms with Crippen LogP contribution in [0.2, 0.25) is 0 Å². The molecule has 3 rings (SSSR count). The molecule has 114 valence electrons. The number of likely N-dealkylation sites (N-methyl/N-ethyl adjacent to an activating group) is 2. The molecule has 0 radical (unpaired) electrons. The maximum atomic E-state index is 12.4. The van der Waals surface area contributed by atoms with Crippen LogP contribution in [0.4, 0.5) is 4.79 Å². The summed E-state index contributed by atoms with van der Waals surface area (Å²) in [5.41, 5.74) is 0.219. The third kappa shape index (κ3) is 2.12. The van der Waals surface area contributed by atoms with E-state index in [-0.39, 0.29) is 11.9 Å². The molecule has 3 amide bonds. The third-order valence-electron chi connectivity index (χ3n) is 4.66. The van der Waals surface area contributed by atoms with Gasteiger partial charge in [-0.2, -0.15) is 0 Å². The summed E-state index contributed by atoms with van der Waals surface area (Å²) in [6, 6.07) is 1.72. The van der Waals surface area contributed by atoms with Crippen molar-refractivity contribution in [2.75, 3.05) is 27.2 Å². The standard InChI is InChI=1S/C14H20N4O3/c1-10-8-11(21-15-10)9-18-6-4-14(5-7-18)12(19)16(2)13(20)17(14)3/h8H,4-7,9H2,1-3H3. The minimum absolute atomic E-state index is 0.0786. The Labute approximate surface area is 123 Å². The summed E-state index contributed by atoms with van der Waals surface area (Å²) in [5, 5.41) is 3.88. The smallest absolute Gasteiger partial charge is 0.327 e. The van der Waals surface area contributed by atoms with Gasteiger partial charge in [0, 0.05) is 33.3 Å². The van der Waals surface area contributed by atoms with Gasteiger partial charge in [-0.1, -0.05) is 5.16 Å². The van der Waals surface area contributed by atoms with E-state index in [4.69, 9.17) is 4.52 Å². The summed E-state index contributed by atoms with van der Waals surface area (Å²) < 4.78 is 5.23. The van der Waals surface area contributed by atoms with E-state index >= 15 is 0 Å². The first-order chi connectivity index (χ1) is 9.94. The molecule has 0 unspecified atom stereocenters. The average Bonchev–Trinajstić information content (AvgIpc) is 2.95. The number of aryl methyl sites for hydroxylation is 1. The van der Waals surface area contributed by atoms with Crippen molar-refractivity contribution < 1.29 is 14.1 Å². The molecule has 0 atom stereocenters. The fraction of sp³-hybridized carbons (Fsp3) is 0.643. The maximum Gasteiger partial charge on any atom is 0.327 e. The number of hydrogen-bond donors (Lipinski definition) is 0. The number of carbonyl (C=O) groups excluding carboxylic acids is 2. The van der Waals surface area contributed by atoms with Crippen LogP contribution < -0.4 is 0 Å². The number of nitrogens with zero attached hydrogens (tertiary/aromatic N) is 4. The highest BCUT2D eigenvalue weighted by atomic mass is 16.5. The highest BCUT2D eigenvalue weighted by Crippen LogP contribution is 2.35. The summed E-state index contributed by atoms with van der Waals surface area (Å²) in [5.74, 6) is 0.757. The van der Waals surface area contributed by atoms with Crippen LogP contribution in [-0.4, -0.2) is 64.5 Å². The second-order valence-electron chi connectivity index (χ2n) is 5.95. The first-order valence-corrected chi connectivity index (χ1v) is 7.14. The zero-order chi connectivity index (χ0) is 15.2. The minimum Gasteiger partial charge on any atom is -0.360 e. The van der Waals surface area contributed by atoms with E-state index in [0.717, 1.165) is 24.5 Å². The highest BCUT2D eigenvalue weighted by Gasteiger charge is 2.55. The van der Waals surface area contributed by atoms with Crippen molar-refractivity contribution in [3.05, 3.63) is 17.5 Å². The Hall–Kier alpha value is -1.89. The monoisotopic (exact) mass is 292 g/mol. The van der Waals surface area contributed by atoms with Crippen molar-refractivity contribution in [3.63, 3.8) is 0 Å². The first kappa shape index (κ1) is 14.1. The lowest BCUT2D eigenvalue weighted by Gasteiger charge is -2.40. The van der Waals surface area contributed by atoms with Gasteiger partial charge in [0.15, 0.2) is 5.76 Å². The molecule has 7 heteroatoms. The Morgan fingerprint density at radius 3 is 2.43 bits per heavy atom. The molecule has 0 aliphatic carbocycles. The molecule has 2 aliphatic heterocycles. The van der Waals surface area contributed by atoms with Gasteiger partial charge < -0.3 is 9.42 Å². The third-order valence-corrected chi connectivity index (χ3v) is 4.66. The highest BCUT2D eigenvalue weighted by molar-refractivity contribution is 6.06. The van der Waals surface area contributed by atoms with Crippen LogP contribution in [-0.2, 0) is 11.3 Å². The van der Waals surface area contributed by atoms with Gasteiger partial charge in [-0.3, -0.25) is 14.6 Å². The molecule has 1 aromatic heterocycles. The van der Waals surface area contributed by atoms with E-state index in [2.05, 4.69) is 10.1 Å². The quantitative estimate of drug-likeness (QED) is 0.756. The van der Waals surface area contributed by atoms with E-state index in [1.165, 1.54) is 4.90 Å². The Morgan fingerprint density at radius 1 is 1.29 bits per heavy atom. The largest absolute Gasteiger partial charge is 0.360 e. The lowest BCUT2D eigenvalue weighted by Crippen LogP contribution is -2.55. The molecule has 0 N–H and O–H groups in total. The van der Waals surface area contributed by atoms with Gasteiger partial charge in [0.25, 0.3) is 5.91 Å². The number of carbonyl (C=O) groups is 2. The normalized spacial score (nSPS) is 22.6. The van der Waals surface area contributed by atoms with E-state index < -0.39 is 5.54 Å². The number of imide groups is 1. The van der Waals surface area contributed by atoms with Crippen molar-refractivity contribution in [2.24, 2.45) is 0 Å². The van der Waals surface area contributed by atoms with Gasteiger partial charge in [0.2, 0.25) is 0 Å². The maximum absolute atomic E-state index is 12.4. The van der Waals surface area contributed by atoms with Crippen LogP contribution >= 0.6 is 0 Å². The topological polar surface area (TPSA) is 69.9 Å². The van der Waals surface area contributed by atoms with Gasteiger partial charge in [-0.05, 0) is 19.8 Å². The molecule has 1 aromatic rings. The number of aromatic nitrogens is 1. The van der Waals surface area contributed by atoms with Crippen LogP contribution in [0.25, 0.3) is 0 Å². The van der Waals surface area contributed by atoms with Gasteiger partial charge in [-0.15, -0.1) is 0 Å². The number of hydrogen-bond acceptors (Lipinski definition) is 5. The molecule has 0 saturated carbocycles. The molecule has 2 fully saturated rings. The molecule has 0 aromatic carbocycles. The summed E-state index contributed by atoms with van der Waals surface area (Å²) in [4.78, 5) is 29.4. The van der Waals surface area contributed by atoms with Crippen molar-refractivity contribution >= 4 is 11.9 Å². The molecule has 0 bridgehead atoms. The van der Waals surface area contributed by atoms with Crippen molar-refractivity contribution in [1.29, 1.82) is 0 Å². The zero-order valence-electron chi connectivity index (χ0n) is 12.6. The fourth-order valence-electron chi connectivity index (χ4n) is 3.29.